The summed E-state index contributed by atoms with van der Waals surface area (Å²) >= 11 is 0. The molecule has 32 heavy (non-hydrogen) atoms. The smallest absolute Gasteiger partial charge is 0.326 e. The van der Waals surface area contributed by atoms with Crippen molar-refractivity contribution in [1.29, 1.82) is 0 Å². The van der Waals surface area contributed by atoms with Gasteiger partial charge in [0.15, 0.2) is 0 Å². The molecule has 0 fully saturated rings. The summed E-state index contributed by atoms with van der Waals surface area (Å²) in [5.74, 6) is -2.13. The standard InChI is InChI=1S/C21H20N4O7/c1-11-15(25(29)30)10-13-17(24-20(32-3)19(23-13)31-2)16(11)18(26)22-14(21(27)28)9-12-7-5-4-6-8-12/h4-8,10,14H,9H2,1-3H3,(H,22,26)(H,27,28). The van der Waals surface area contributed by atoms with Crippen molar-refractivity contribution in [3.8, 4) is 11.8 Å². The number of nitrogens with zero attached hydrogens (tertiary/aromatic N) is 3. The summed E-state index contributed by atoms with van der Waals surface area (Å²) < 4.78 is 10.2. The van der Waals surface area contributed by atoms with Gasteiger partial charge in [-0.2, -0.15) is 0 Å². The first-order chi connectivity index (χ1) is 15.3. The molecule has 1 atom stereocenters. The summed E-state index contributed by atoms with van der Waals surface area (Å²) in [6.07, 6.45) is 0.0244. The number of hydrogen-bond acceptors (Lipinski definition) is 8. The van der Waals surface area contributed by atoms with Gasteiger partial charge >= 0.3 is 5.97 Å². The molecule has 2 aromatic carbocycles. The zero-order valence-corrected chi connectivity index (χ0v) is 17.5. The molecule has 0 aliphatic heterocycles. The number of aromatic nitrogens is 2. The van der Waals surface area contributed by atoms with Crippen LogP contribution in [0, 0.1) is 17.0 Å². The molecule has 166 valence electrons. The van der Waals surface area contributed by atoms with E-state index >= 15 is 0 Å². The number of amides is 1. The molecule has 0 aliphatic carbocycles. The lowest BCUT2D eigenvalue weighted by Gasteiger charge is -2.17. The Balaban J connectivity index is 2.12. The van der Waals surface area contributed by atoms with E-state index in [0.29, 0.717) is 5.56 Å². The predicted octanol–water partition coefficient (Wildman–Crippen LogP) is 2.29. The molecule has 1 unspecified atom stereocenters. The van der Waals surface area contributed by atoms with E-state index in [2.05, 4.69) is 15.3 Å². The Hall–Kier alpha value is -4.28. The number of carbonyl (C=O) groups is 2. The molecule has 0 bridgehead atoms. The topological polar surface area (TPSA) is 154 Å². The van der Waals surface area contributed by atoms with Crippen LogP contribution in [0.25, 0.3) is 11.0 Å². The van der Waals surface area contributed by atoms with Crippen molar-refractivity contribution in [3.05, 3.63) is 63.2 Å². The third kappa shape index (κ3) is 4.41. The lowest BCUT2D eigenvalue weighted by atomic mass is 10.0. The second-order valence-corrected chi connectivity index (χ2v) is 6.82. The van der Waals surface area contributed by atoms with Crippen molar-refractivity contribution in [3.63, 3.8) is 0 Å². The fourth-order valence-corrected chi connectivity index (χ4v) is 3.26. The molecule has 0 saturated heterocycles. The molecular weight excluding hydrogens is 420 g/mol. The molecule has 0 saturated carbocycles. The second kappa shape index (κ2) is 9.25. The molecule has 1 amide bonds. The molecule has 0 spiro atoms. The molecule has 11 nitrogen and oxygen atoms in total. The van der Waals surface area contributed by atoms with Crippen LogP contribution in [0.3, 0.4) is 0 Å². The van der Waals surface area contributed by atoms with Gasteiger partial charge in [0.25, 0.3) is 23.4 Å². The van der Waals surface area contributed by atoms with E-state index < -0.39 is 22.8 Å². The number of carbonyl (C=O) groups excluding carboxylic acids is 1. The van der Waals surface area contributed by atoms with Gasteiger partial charge in [-0.25, -0.2) is 14.8 Å². The highest BCUT2D eigenvalue weighted by Gasteiger charge is 2.29. The van der Waals surface area contributed by atoms with E-state index in [0.717, 1.165) is 0 Å². The van der Waals surface area contributed by atoms with Crippen molar-refractivity contribution < 1.29 is 29.1 Å². The number of hydrogen-bond donors (Lipinski definition) is 2. The second-order valence-electron chi connectivity index (χ2n) is 6.82. The largest absolute Gasteiger partial charge is 0.480 e. The normalized spacial score (nSPS) is 11.6. The van der Waals surface area contributed by atoms with Gasteiger partial charge in [0.05, 0.1) is 24.7 Å². The van der Waals surface area contributed by atoms with Crippen LogP contribution in [0.2, 0.25) is 0 Å². The highest BCUT2D eigenvalue weighted by Crippen LogP contribution is 2.33. The SMILES string of the molecule is COc1nc2cc([N+](=O)[O-])c(C)c(C(=O)NC(Cc3ccccc3)C(=O)O)c2nc1OC. The van der Waals surface area contributed by atoms with Gasteiger partial charge < -0.3 is 19.9 Å². The van der Waals surface area contributed by atoms with Gasteiger partial charge in [-0.05, 0) is 12.5 Å². The number of benzene rings is 2. The number of methoxy groups -OCH3 is 2. The van der Waals surface area contributed by atoms with Gasteiger partial charge in [-0.1, -0.05) is 30.3 Å². The van der Waals surface area contributed by atoms with Crippen LogP contribution >= 0.6 is 0 Å². The highest BCUT2D eigenvalue weighted by atomic mass is 16.6. The number of nitrogens with one attached hydrogen (secondary N) is 1. The summed E-state index contributed by atoms with van der Waals surface area (Å²) in [5, 5.41) is 23.6. The van der Waals surface area contributed by atoms with Crippen molar-refractivity contribution in [1.82, 2.24) is 15.3 Å². The monoisotopic (exact) mass is 440 g/mol. The number of aliphatic carboxylic acids is 1. The van der Waals surface area contributed by atoms with E-state index in [1.807, 2.05) is 0 Å². The number of nitro groups is 1. The number of ether oxygens (including phenoxy) is 2. The third-order valence-corrected chi connectivity index (χ3v) is 4.83. The van der Waals surface area contributed by atoms with E-state index in [-0.39, 0.29) is 46.0 Å². The number of nitro benzene ring substituents is 1. The predicted molar refractivity (Wildman–Crippen MR) is 113 cm³/mol. The third-order valence-electron chi connectivity index (χ3n) is 4.83. The van der Waals surface area contributed by atoms with Gasteiger partial charge in [0, 0.05) is 18.1 Å². The Morgan fingerprint density at radius 1 is 1.16 bits per heavy atom. The van der Waals surface area contributed by atoms with E-state index in [4.69, 9.17) is 9.47 Å². The van der Waals surface area contributed by atoms with Crippen LogP contribution in [0.15, 0.2) is 36.4 Å². The molecule has 3 rings (SSSR count). The van der Waals surface area contributed by atoms with Crippen molar-refractivity contribution in [2.75, 3.05) is 14.2 Å². The Kier molecular flexibility index (Phi) is 6.47. The minimum Gasteiger partial charge on any atom is -0.480 e. The van der Waals surface area contributed by atoms with E-state index in [9.17, 15) is 24.8 Å². The lowest BCUT2D eigenvalue weighted by molar-refractivity contribution is -0.385. The summed E-state index contributed by atoms with van der Waals surface area (Å²) in [5.41, 5.74) is 0.241. The Morgan fingerprint density at radius 2 is 1.78 bits per heavy atom. The average molecular weight is 440 g/mol. The summed E-state index contributed by atoms with van der Waals surface area (Å²) in [6.45, 7) is 1.39. The Labute approximate surface area is 182 Å². The molecule has 3 aromatic rings. The van der Waals surface area contributed by atoms with Gasteiger partial charge in [-0.3, -0.25) is 14.9 Å². The van der Waals surface area contributed by atoms with Gasteiger partial charge in [0.1, 0.15) is 17.1 Å². The lowest BCUT2D eigenvalue weighted by Crippen LogP contribution is -2.42. The first-order valence-corrected chi connectivity index (χ1v) is 9.42. The van der Waals surface area contributed by atoms with Crippen molar-refractivity contribution in [2.45, 2.75) is 19.4 Å². The molecule has 1 aromatic heterocycles. The highest BCUT2D eigenvalue weighted by molar-refractivity contribution is 6.08. The molecule has 0 aliphatic rings. The fraction of sp³-hybridized carbons (Fsp3) is 0.238. The first-order valence-electron chi connectivity index (χ1n) is 9.42. The number of carboxylic acid groups (broad SMARTS) is 1. The summed E-state index contributed by atoms with van der Waals surface area (Å²) in [4.78, 5) is 44.3. The summed E-state index contributed by atoms with van der Waals surface area (Å²) in [6, 6.07) is 8.67. The Morgan fingerprint density at radius 3 is 2.34 bits per heavy atom. The Bertz CT molecular complexity index is 1200. The van der Waals surface area contributed by atoms with Crippen LogP contribution in [-0.2, 0) is 11.2 Å². The van der Waals surface area contributed by atoms with Crippen LogP contribution in [0.4, 0.5) is 5.69 Å². The maximum atomic E-state index is 13.2. The summed E-state index contributed by atoms with van der Waals surface area (Å²) in [7, 11) is 2.66. The average Bonchev–Trinajstić information content (AvgIpc) is 2.77. The number of carboxylic acids is 1. The first kappa shape index (κ1) is 22.4. The molecule has 2 N–H and O–H groups in total. The van der Waals surface area contributed by atoms with E-state index in [1.54, 1.807) is 30.3 Å². The zero-order valence-electron chi connectivity index (χ0n) is 17.5. The minimum atomic E-state index is -1.27. The maximum Gasteiger partial charge on any atom is 0.326 e. The zero-order chi connectivity index (χ0) is 23.4. The fourth-order valence-electron chi connectivity index (χ4n) is 3.26. The van der Waals surface area contributed by atoms with Crippen LogP contribution in [-0.4, -0.2) is 52.1 Å². The molecular formula is C21H20N4O7. The van der Waals surface area contributed by atoms with E-state index in [1.165, 1.54) is 27.2 Å². The van der Waals surface area contributed by atoms with Crippen LogP contribution < -0.4 is 14.8 Å². The van der Waals surface area contributed by atoms with Gasteiger partial charge in [-0.15, -0.1) is 0 Å². The van der Waals surface area contributed by atoms with Gasteiger partial charge in [0.2, 0.25) is 0 Å². The quantitative estimate of drug-likeness (QED) is 0.396. The minimum absolute atomic E-state index is 0.0167. The van der Waals surface area contributed by atoms with Crippen LogP contribution in [0.1, 0.15) is 21.5 Å². The maximum absolute atomic E-state index is 13.2. The molecule has 0 radical (unpaired) electrons. The number of rotatable bonds is 8. The van der Waals surface area contributed by atoms with Crippen LogP contribution in [0.5, 0.6) is 11.8 Å². The number of fused-ring (bicyclic) bond motifs is 1. The van der Waals surface area contributed by atoms with Crippen molar-refractivity contribution >= 4 is 28.6 Å². The molecule has 11 heteroatoms. The van der Waals surface area contributed by atoms with Crippen molar-refractivity contribution in [2.24, 2.45) is 0 Å². The molecule has 1 heterocycles.